The van der Waals surface area contributed by atoms with E-state index in [0.29, 0.717) is 25.3 Å². The highest BCUT2D eigenvalue weighted by molar-refractivity contribution is 6.47. The standard InChI is InChI=1S/C21H21FN4O4/c22-16-3-1-14(2-4-16)12-23-20(28)18-19(27)21(29)26-6-5-15(11-17(26)24-18)13-25-7-9-30-10-8-25/h1-6,11,18H,7-10,12-13H2,(H,23,28). The molecular weight excluding hydrogens is 391 g/mol. The van der Waals surface area contributed by atoms with E-state index in [2.05, 4.69) is 15.2 Å². The van der Waals surface area contributed by atoms with Gasteiger partial charge in [-0.3, -0.25) is 24.2 Å². The van der Waals surface area contributed by atoms with E-state index in [1.807, 2.05) is 0 Å². The Morgan fingerprint density at radius 2 is 1.93 bits per heavy atom. The number of carbonyl (C=O) groups is 3. The molecule has 9 heteroatoms. The second kappa shape index (κ2) is 8.68. The summed E-state index contributed by atoms with van der Waals surface area (Å²) in [6.45, 7) is 3.74. The maximum absolute atomic E-state index is 13.0. The summed E-state index contributed by atoms with van der Waals surface area (Å²) in [5.41, 5.74) is 1.60. The summed E-state index contributed by atoms with van der Waals surface area (Å²) in [6, 6.07) is 4.19. The third-order valence-electron chi connectivity index (χ3n) is 5.08. The topological polar surface area (TPSA) is 91.3 Å². The Labute approximate surface area is 172 Å². The first kappa shape index (κ1) is 20.1. The van der Waals surface area contributed by atoms with Gasteiger partial charge in [0, 0.05) is 32.4 Å². The van der Waals surface area contributed by atoms with E-state index in [9.17, 15) is 18.8 Å². The molecule has 8 nitrogen and oxygen atoms in total. The Balaban J connectivity index is 1.46. The molecule has 4 rings (SSSR count). The fourth-order valence-electron chi connectivity index (χ4n) is 3.41. The van der Waals surface area contributed by atoms with Gasteiger partial charge in [0.25, 0.3) is 11.7 Å². The van der Waals surface area contributed by atoms with Crippen LogP contribution in [0.15, 0.2) is 53.2 Å². The van der Waals surface area contributed by atoms with Crippen molar-refractivity contribution in [3.05, 3.63) is 59.6 Å². The van der Waals surface area contributed by atoms with Gasteiger partial charge in [-0.25, -0.2) is 9.38 Å². The summed E-state index contributed by atoms with van der Waals surface area (Å²) in [4.78, 5) is 45.0. The molecule has 3 heterocycles. The average molecular weight is 412 g/mol. The summed E-state index contributed by atoms with van der Waals surface area (Å²) in [7, 11) is 0. The van der Waals surface area contributed by atoms with Crippen molar-refractivity contribution in [3.63, 3.8) is 0 Å². The van der Waals surface area contributed by atoms with Crippen LogP contribution in [0.2, 0.25) is 0 Å². The lowest BCUT2D eigenvalue weighted by molar-refractivity contribution is -0.144. The highest BCUT2D eigenvalue weighted by Gasteiger charge is 2.40. The normalized spacial score (nSPS) is 21.8. The van der Waals surface area contributed by atoms with Gasteiger partial charge in [-0.1, -0.05) is 12.1 Å². The number of hydrogen-bond acceptors (Lipinski definition) is 6. The molecule has 1 aromatic carbocycles. The number of nitrogens with zero attached hydrogens (tertiary/aromatic N) is 3. The monoisotopic (exact) mass is 412 g/mol. The van der Waals surface area contributed by atoms with Crippen LogP contribution in [0.1, 0.15) is 5.56 Å². The number of Topliss-reactive ketones (excluding diaryl/α,β-unsaturated/α-hetero) is 1. The predicted molar refractivity (Wildman–Crippen MR) is 106 cm³/mol. The smallest absolute Gasteiger partial charge is 0.302 e. The first-order chi connectivity index (χ1) is 14.5. The molecule has 0 saturated carbocycles. The number of morpholine rings is 1. The van der Waals surface area contributed by atoms with Crippen LogP contribution in [0, 0.1) is 5.82 Å². The van der Waals surface area contributed by atoms with E-state index in [0.717, 1.165) is 23.6 Å². The number of amidine groups is 1. The van der Waals surface area contributed by atoms with Crippen molar-refractivity contribution in [2.45, 2.75) is 12.6 Å². The third kappa shape index (κ3) is 4.37. The quantitative estimate of drug-likeness (QED) is 0.559. The molecule has 1 N–H and O–H groups in total. The van der Waals surface area contributed by atoms with Crippen LogP contribution < -0.4 is 5.32 Å². The van der Waals surface area contributed by atoms with Crippen LogP contribution in [0.3, 0.4) is 0 Å². The zero-order valence-corrected chi connectivity index (χ0v) is 16.2. The number of aliphatic imine (C=N–C) groups is 1. The number of rotatable bonds is 5. The Hall–Kier alpha value is -3.17. The van der Waals surface area contributed by atoms with Gasteiger partial charge in [0.05, 0.1) is 13.2 Å². The molecule has 1 atom stereocenters. The number of ether oxygens (including phenoxy) is 1. The van der Waals surface area contributed by atoms with Crippen LogP contribution in [-0.2, 0) is 25.7 Å². The minimum absolute atomic E-state index is 0.101. The summed E-state index contributed by atoms with van der Waals surface area (Å²) < 4.78 is 18.3. The largest absolute Gasteiger partial charge is 0.379 e. The Morgan fingerprint density at radius 1 is 1.20 bits per heavy atom. The van der Waals surface area contributed by atoms with Gasteiger partial charge >= 0.3 is 5.91 Å². The molecule has 0 bridgehead atoms. The van der Waals surface area contributed by atoms with Gasteiger partial charge in [-0.15, -0.1) is 0 Å². The van der Waals surface area contributed by atoms with Crippen molar-refractivity contribution in [2.75, 3.05) is 32.8 Å². The molecule has 2 amide bonds. The van der Waals surface area contributed by atoms with Crippen LogP contribution in [0.25, 0.3) is 0 Å². The SMILES string of the molecule is O=C(NCc1ccc(F)cc1)C1N=C2C=C(CN3CCOCC3)C=CN2C(=O)C1=O. The molecule has 1 unspecified atom stereocenters. The number of hydrogen-bond donors (Lipinski definition) is 1. The first-order valence-corrected chi connectivity index (χ1v) is 9.67. The van der Waals surface area contributed by atoms with Crippen LogP contribution >= 0.6 is 0 Å². The number of benzene rings is 1. The third-order valence-corrected chi connectivity index (χ3v) is 5.08. The highest BCUT2D eigenvalue weighted by atomic mass is 19.1. The van der Waals surface area contributed by atoms with Gasteiger partial charge in [-0.2, -0.15) is 0 Å². The van der Waals surface area contributed by atoms with Gasteiger partial charge < -0.3 is 10.1 Å². The van der Waals surface area contributed by atoms with Crippen molar-refractivity contribution in [2.24, 2.45) is 4.99 Å². The fraction of sp³-hybridized carbons (Fsp3) is 0.333. The second-order valence-corrected chi connectivity index (χ2v) is 7.20. The van der Waals surface area contributed by atoms with E-state index in [1.165, 1.54) is 30.5 Å². The van der Waals surface area contributed by atoms with E-state index in [4.69, 9.17) is 4.74 Å². The molecule has 1 saturated heterocycles. The van der Waals surface area contributed by atoms with E-state index >= 15 is 0 Å². The summed E-state index contributed by atoms with van der Waals surface area (Å²) >= 11 is 0. The van der Waals surface area contributed by atoms with Gasteiger partial charge in [0.15, 0.2) is 6.04 Å². The lowest BCUT2D eigenvalue weighted by Gasteiger charge is -2.30. The molecule has 0 spiro atoms. The summed E-state index contributed by atoms with van der Waals surface area (Å²) in [5.74, 6) is -2.45. The molecule has 30 heavy (non-hydrogen) atoms. The molecule has 3 aliphatic rings. The Bertz CT molecular complexity index is 948. The number of ketones is 1. The molecule has 1 fully saturated rings. The molecule has 0 radical (unpaired) electrons. The maximum atomic E-state index is 13.0. The van der Waals surface area contributed by atoms with Gasteiger partial charge in [0.1, 0.15) is 11.7 Å². The first-order valence-electron chi connectivity index (χ1n) is 9.67. The fourth-order valence-corrected chi connectivity index (χ4v) is 3.41. The van der Waals surface area contributed by atoms with E-state index in [-0.39, 0.29) is 18.2 Å². The van der Waals surface area contributed by atoms with Crippen molar-refractivity contribution in [1.82, 2.24) is 15.1 Å². The molecule has 0 aliphatic carbocycles. The lowest BCUT2D eigenvalue weighted by Crippen LogP contribution is -2.52. The summed E-state index contributed by atoms with van der Waals surface area (Å²) in [5, 5.41) is 2.59. The van der Waals surface area contributed by atoms with E-state index in [1.54, 1.807) is 12.2 Å². The molecule has 156 valence electrons. The average Bonchev–Trinajstić information content (AvgIpc) is 2.76. The minimum atomic E-state index is -1.43. The van der Waals surface area contributed by atoms with Gasteiger partial charge in [-0.05, 0) is 35.4 Å². The van der Waals surface area contributed by atoms with Crippen molar-refractivity contribution in [3.8, 4) is 0 Å². The molecular formula is C21H21FN4O4. The Kier molecular flexibility index (Phi) is 5.82. The second-order valence-electron chi connectivity index (χ2n) is 7.20. The van der Waals surface area contributed by atoms with Crippen LogP contribution in [-0.4, -0.2) is 72.1 Å². The number of fused-ring (bicyclic) bond motifs is 1. The van der Waals surface area contributed by atoms with E-state index < -0.39 is 23.6 Å². The van der Waals surface area contributed by atoms with Crippen molar-refractivity contribution < 1.29 is 23.5 Å². The van der Waals surface area contributed by atoms with Crippen LogP contribution in [0.5, 0.6) is 0 Å². The number of carbonyl (C=O) groups excluding carboxylic acids is 3. The van der Waals surface area contributed by atoms with Crippen molar-refractivity contribution in [1.29, 1.82) is 0 Å². The zero-order valence-electron chi connectivity index (χ0n) is 16.2. The summed E-state index contributed by atoms with van der Waals surface area (Å²) in [6.07, 6.45) is 5.01. The predicted octanol–water partition coefficient (Wildman–Crippen LogP) is 0.406. The molecule has 0 aromatic heterocycles. The van der Waals surface area contributed by atoms with Crippen LogP contribution in [0.4, 0.5) is 4.39 Å². The molecule has 3 aliphatic heterocycles. The lowest BCUT2D eigenvalue weighted by atomic mass is 10.1. The zero-order chi connectivity index (χ0) is 21.1. The Morgan fingerprint density at radius 3 is 2.67 bits per heavy atom. The maximum Gasteiger partial charge on any atom is 0.302 e. The molecule has 1 aromatic rings. The highest BCUT2D eigenvalue weighted by Crippen LogP contribution is 2.18. The van der Waals surface area contributed by atoms with Crippen molar-refractivity contribution >= 4 is 23.4 Å². The number of halogens is 1. The number of nitrogens with one attached hydrogen (secondary N) is 1. The minimum Gasteiger partial charge on any atom is -0.379 e. The van der Waals surface area contributed by atoms with Gasteiger partial charge in [0.2, 0.25) is 0 Å². The number of amides is 2.